The molecule has 126 valence electrons. The van der Waals surface area contributed by atoms with Gasteiger partial charge in [-0.15, -0.1) is 0 Å². The van der Waals surface area contributed by atoms with E-state index in [1.54, 1.807) is 0 Å². The van der Waals surface area contributed by atoms with E-state index < -0.39 is 0 Å². The number of hydrogen-bond acceptors (Lipinski definition) is 3. The van der Waals surface area contributed by atoms with Gasteiger partial charge in [-0.25, -0.2) is 0 Å². The molecule has 0 saturated heterocycles. The van der Waals surface area contributed by atoms with Gasteiger partial charge < -0.3 is 9.42 Å². The molecule has 24 heavy (non-hydrogen) atoms. The SMILES string of the molecule is Cc1noc(C)c1CC(=O)N1CC2(CCCC2)c2cccc(Cl)c21. The summed E-state index contributed by atoms with van der Waals surface area (Å²) in [6.45, 7) is 4.47. The molecule has 1 amide bonds. The maximum absolute atomic E-state index is 13.1. The van der Waals surface area contributed by atoms with Crippen LogP contribution in [0.3, 0.4) is 0 Å². The molecule has 4 rings (SSSR count). The summed E-state index contributed by atoms with van der Waals surface area (Å²) in [5.74, 6) is 0.789. The Hall–Kier alpha value is -1.81. The van der Waals surface area contributed by atoms with Crippen molar-refractivity contribution in [3.8, 4) is 0 Å². The quantitative estimate of drug-likeness (QED) is 0.813. The smallest absolute Gasteiger partial charge is 0.231 e. The van der Waals surface area contributed by atoms with Crippen molar-refractivity contribution in [3.63, 3.8) is 0 Å². The van der Waals surface area contributed by atoms with Gasteiger partial charge in [0.25, 0.3) is 0 Å². The molecule has 5 heteroatoms. The number of aryl methyl sites for hydroxylation is 2. The molecular formula is C19H21ClN2O2. The van der Waals surface area contributed by atoms with Gasteiger partial charge in [-0.1, -0.05) is 41.7 Å². The van der Waals surface area contributed by atoms with Gasteiger partial charge in [-0.3, -0.25) is 4.79 Å². The Balaban J connectivity index is 1.71. The van der Waals surface area contributed by atoms with E-state index in [-0.39, 0.29) is 11.3 Å². The zero-order chi connectivity index (χ0) is 16.9. The van der Waals surface area contributed by atoms with Gasteiger partial charge in [-0.2, -0.15) is 0 Å². The lowest BCUT2D eigenvalue weighted by Gasteiger charge is -2.24. The van der Waals surface area contributed by atoms with Gasteiger partial charge in [0.15, 0.2) is 0 Å². The molecule has 0 radical (unpaired) electrons. The third-order valence-corrected chi connectivity index (χ3v) is 5.96. The topological polar surface area (TPSA) is 46.3 Å². The van der Waals surface area contributed by atoms with Crippen molar-refractivity contribution in [2.45, 2.75) is 51.4 Å². The second-order valence-electron chi connectivity index (χ2n) is 7.08. The van der Waals surface area contributed by atoms with Crippen molar-refractivity contribution in [1.29, 1.82) is 0 Å². The fraction of sp³-hybridized carbons (Fsp3) is 0.474. The van der Waals surface area contributed by atoms with Gasteiger partial charge in [0, 0.05) is 17.5 Å². The Morgan fingerprint density at radius 2 is 2.08 bits per heavy atom. The maximum Gasteiger partial charge on any atom is 0.231 e. The van der Waals surface area contributed by atoms with E-state index in [9.17, 15) is 4.79 Å². The Labute approximate surface area is 146 Å². The molecule has 4 nitrogen and oxygen atoms in total. The fourth-order valence-corrected chi connectivity index (χ4v) is 4.65. The van der Waals surface area contributed by atoms with Crippen LogP contribution >= 0.6 is 11.6 Å². The summed E-state index contributed by atoms with van der Waals surface area (Å²) in [6, 6.07) is 6.03. The number of carbonyl (C=O) groups excluding carboxylic acids is 1. The van der Waals surface area contributed by atoms with Crippen LogP contribution in [0.15, 0.2) is 22.7 Å². The van der Waals surface area contributed by atoms with E-state index in [4.69, 9.17) is 16.1 Å². The highest BCUT2D eigenvalue weighted by Gasteiger charge is 2.47. The molecule has 2 heterocycles. The first-order valence-corrected chi connectivity index (χ1v) is 8.91. The summed E-state index contributed by atoms with van der Waals surface area (Å²) in [4.78, 5) is 15.0. The number of para-hydroxylation sites is 1. The second kappa shape index (κ2) is 5.62. The lowest BCUT2D eigenvalue weighted by Crippen LogP contribution is -2.36. The highest BCUT2D eigenvalue weighted by molar-refractivity contribution is 6.34. The van der Waals surface area contributed by atoms with Crippen LogP contribution in [0.2, 0.25) is 5.02 Å². The van der Waals surface area contributed by atoms with Gasteiger partial charge in [0.2, 0.25) is 5.91 Å². The molecule has 1 saturated carbocycles. The fourth-order valence-electron chi connectivity index (χ4n) is 4.38. The number of anilines is 1. The number of amides is 1. The van der Waals surface area contributed by atoms with Crippen molar-refractivity contribution >= 4 is 23.2 Å². The minimum absolute atomic E-state index is 0.0718. The van der Waals surface area contributed by atoms with Gasteiger partial charge in [0.05, 0.1) is 22.8 Å². The number of benzene rings is 1. The lowest BCUT2D eigenvalue weighted by molar-refractivity contribution is -0.118. The molecule has 0 unspecified atom stereocenters. The molecule has 0 atom stereocenters. The standard InChI is InChI=1S/C19H21ClN2O2/c1-12-14(13(2)24-21-12)10-17(23)22-11-19(8-3-4-9-19)15-6-5-7-16(20)18(15)22/h5-7H,3-4,8-11H2,1-2H3. The van der Waals surface area contributed by atoms with Crippen molar-refractivity contribution < 1.29 is 9.32 Å². The normalized spacial score (nSPS) is 18.4. The van der Waals surface area contributed by atoms with E-state index in [1.165, 1.54) is 18.4 Å². The van der Waals surface area contributed by atoms with E-state index in [2.05, 4.69) is 11.2 Å². The lowest BCUT2D eigenvalue weighted by atomic mass is 9.81. The predicted molar refractivity (Wildman–Crippen MR) is 93.6 cm³/mol. The molecule has 1 fully saturated rings. The largest absolute Gasteiger partial charge is 0.361 e. The molecule has 1 aliphatic heterocycles. The molecule has 1 aromatic carbocycles. The highest BCUT2D eigenvalue weighted by Crippen LogP contribution is 2.52. The van der Waals surface area contributed by atoms with Crippen LogP contribution in [0.4, 0.5) is 5.69 Å². The number of halogens is 1. The van der Waals surface area contributed by atoms with Crippen LogP contribution in [0, 0.1) is 13.8 Å². The first-order valence-electron chi connectivity index (χ1n) is 8.53. The monoisotopic (exact) mass is 344 g/mol. The number of aromatic nitrogens is 1. The Kier molecular flexibility index (Phi) is 3.68. The average Bonchev–Trinajstić information content (AvgIpc) is 3.24. The Bertz CT molecular complexity index is 786. The summed E-state index contributed by atoms with van der Waals surface area (Å²) in [6.07, 6.45) is 5.02. The van der Waals surface area contributed by atoms with Crippen molar-refractivity contribution in [1.82, 2.24) is 5.16 Å². The van der Waals surface area contributed by atoms with E-state index in [0.29, 0.717) is 11.4 Å². The number of fused-ring (bicyclic) bond motifs is 2. The number of carbonyl (C=O) groups is 1. The van der Waals surface area contributed by atoms with Crippen molar-refractivity contribution in [3.05, 3.63) is 45.8 Å². The molecule has 1 spiro atoms. The van der Waals surface area contributed by atoms with Crippen LogP contribution in [0.5, 0.6) is 0 Å². The summed E-state index contributed by atoms with van der Waals surface area (Å²) in [5, 5.41) is 4.63. The zero-order valence-corrected chi connectivity index (χ0v) is 14.8. The third-order valence-electron chi connectivity index (χ3n) is 5.66. The maximum atomic E-state index is 13.1. The molecule has 1 aliphatic carbocycles. The minimum Gasteiger partial charge on any atom is -0.361 e. The third kappa shape index (κ3) is 2.27. The van der Waals surface area contributed by atoms with Gasteiger partial charge >= 0.3 is 0 Å². The summed E-state index contributed by atoms with van der Waals surface area (Å²) in [5.41, 5.74) is 3.93. The van der Waals surface area contributed by atoms with Crippen molar-refractivity contribution in [2.75, 3.05) is 11.4 Å². The van der Waals surface area contributed by atoms with Crippen LogP contribution in [-0.2, 0) is 16.6 Å². The molecule has 1 aromatic heterocycles. The van der Waals surface area contributed by atoms with Crippen LogP contribution in [0.25, 0.3) is 0 Å². The first kappa shape index (κ1) is 15.7. The first-order chi connectivity index (χ1) is 11.5. The molecule has 2 aromatic rings. The van der Waals surface area contributed by atoms with Gasteiger partial charge in [0.1, 0.15) is 5.76 Å². The predicted octanol–water partition coefficient (Wildman–Crippen LogP) is 4.35. The molecule has 0 bridgehead atoms. The molecular weight excluding hydrogens is 324 g/mol. The number of hydrogen-bond donors (Lipinski definition) is 0. The van der Waals surface area contributed by atoms with Crippen LogP contribution in [-0.4, -0.2) is 17.6 Å². The van der Waals surface area contributed by atoms with Crippen LogP contribution in [0.1, 0.15) is 48.3 Å². The van der Waals surface area contributed by atoms with Gasteiger partial charge in [-0.05, 0) is 38.3 Å². The zero-order valence-electron chi connectivity index (χ0n) is 14.1. The van der Waals surface area contributed by atoms with E-state index in [0.717, 1.165) is 42.1 Å². The second-order valence-corrected chi connectivity index (χ2v) is 7.49. The van der Waals surface area contributed by atoms with Crippen LogP contribution < -0.4 is 4.90 Å². The molecule has 2 aliphatic rings. The Morgan fingerprint density at radius 3 is 2.75 bits per heavy atom. The van der Waals surface area contributed by atoms with E-state index >= 15 is 0 Å². The average molecular weight is 345 g/mol. The van der Waals surface area contributed by atoms with Crippen molar-refractivity contribution in [2.24, 2.45) is 0 Å². The number of rotatable bonds is 2. The molecule has 0 N–H and O–H groups in total. The minimum atomic E-state index is 0.0718. The highest BCUT2D eigenvalue weighted by atomic mass is 35.5. The summed E-state index contributed by atoms with van der Waals surface area (Å²) >= 11 is 6.49. The number of nitrogens with zero attached hydrogens (tertiary/aromatic N) is 2. The summed E-state index contributed by atoms with van der Waals surface area (Å²) in [7, 11) is 0. The van der Waals surface area contributed by atoms with E-state index in [1.807, 2.05) is 30.9 Å². The summed E-state index contributed by atoms with van der Waals surface area (Å²) < 4.78 is 5.20. The Morgan fingerprint density at radius 1 is 1.33 bits per heavy atom.